The van der Waals surface area contributed by atoms with Crippen molar-refractivity contribution in [2.24, 2.45) is 5.92 Å². The van der Waals surface area contributed by atoms with Crippen molar-refractivity contribution in [3.63, 3.8) is 0 Å². The van der Waals surface area contributed by atoms with E-state index in [4.69, 9.17) is 0 Å². The molecule has 12 heavy (non-hydrogen) atoms. The van der Waals surface area contributed by atoms with Crippen molar-refractivity contribution in [2.75, 3.05) is 0 Å². The van der Waals surface area contributed by atoms with Gasteiger partial charge in [-0.2, -0.15) is 0 Å². The summed E-state index contributed by atoms with van der Waals surface area (Å²) in [4.78, 5) is 19.2. The molecular formula is C9H12N2O. The minimum Gasteiger partial charge on any atom is -0.299 e. The van der Waals surface area contributed by atoms with Crippen LogP contribution < -0.4 is 0 Å². The highest BCUT2D eigenvalue weighted by molar-refractivity contribution is 5.81. The van der Waals surface area contributed by atoms with Crippen molar-refractivity contribution in [3.05, 3.63) is 24.3 Å². The topological polar surface area (TPSA) is 42.9 Å². The second-order valence-electron chi connectivity index (χ2n) is 2.96. The van der Waals surface area contributed by atoms with E-state index in [0.29, 0.717) is 12.2 Å². The molecule has 0 spiro atoms. The Kier molecular flexibility index (Phi) is 2.91. The number of nitrogens with zero attached hydrogens (tertiary/aromatic N) is 2. The number of aromatic nitrogens is 2. The maximum atomic E-state index is 11.2. The summed E-state index contributed by atoms with van der Waals surface area (Å²) >= 11 is 0. The SMILES string of the molecule is CC(C)C(=O)Cc1ncccn1. The lowest BCUT2D eigenvalue weighted by Gasteiger charge is -2.01. The van der Waals surface area contributed by atoms with E-state index in [1.165, 1.54) is 0 Å². The van der Waals surface area contributed by atoms with Gasteiger partial charge in [0.1, 0.15) is 11.6 Å². The summed E-state index contributed by atoms with van der Waals surface area (Å²) in [6.45, 7) is 3.76. The standard InChI is InChI=1S/C9H12N2O/c1-7(2)8(12)6-9-10-4-3-5-11-9/h3-5,7H,6H2,1-2H3. The molecule has 0 bridgehead atoms. The number of rotatable bonds is 3. The van der Waals surface area contributed by atoms with Crippen molar-refractivity contribution in [3.8, 4) is 0 Å². The zero-order chi connectivity index (χ0) is 8.97. The van der Waals surface area contributed by atoms with Crippen LogP contribution in [0.3, 0.4) is 0 Å². The third-order valence-corrected chi connectivity index (χ3v) is 1.60. The molecule has 1 heterocycles. The highest BCUT2D eigenvalue weighted by atomic mass is 16.1. The fraction of sp³-hybridized carbons (Fsp3) is 0.444. The Morgan fingerprint density at radius 2 is 2.00 bits per heavy atom. The molecule has 0 radical (unpaired) electrons. The first-order valence-electron chi connectivity index (χ1n) is 3.98. The second kappa shape index (κ2) is 3.95. The van der Waals surface area contributed by atoms with E-state index in [-0.39, 0.29) is 11.7 Å². The average molecular weight is 164 g/mol. The second-order valence-corrected chi connectivity index (χ2v) is 2.96. The minimum absolute atomic E-state index is 0.0637. The van der Waals surface area contributed by atoms with Crippen LogP contribution in [0.2, 0.25) is 0 Å². The molecule has 3 heteroatoms. The number of hydrogen-bond acceptors (Lipinski definition) is 3. The summed E-state index contributed by atoms with van der Waals surface area (Å²) in [7, 11) is 0. The Hall–Kier alpha value is -1.25. The van der Waals surface area contributed by atoms with Crippen LogP contribution >= 0.6 is 0 Å². The molecule has 0 unspecified atom stereocenters. The van der Waals surface area contributed by atoms with E-state index in [2.05, 4.69) is 9.97 Å². The molecule has 0 aliphatic carbocycles. The van der Waals surface area contributed by atoms with Gasteiger partial charge in [0.05, 0.1) is 6.42 Å². The Bertz CT molecular complexity index is 256. The molecule has 0 aliphatic rings. The van der Waals surface area contributed by atoms with Crippen LogP contribution in [0.1, 0.15) is 19.7 Å². The summed E-state index contributed by atoms with van der Waals surface area (Å²) < 4.78 is 0. The monoisotopic (exact) mass is 164 g/mol. The first kappa shape index (κ1) is 8.84. The average Bonchev–Trinajstić information content (AvgIpc) is 2.06. The molecule has 0 saturated heterocycles. The molecule has 0 fully saturated rings. The van der Waals surface area contributed by atoms with Gasteiger partial charge in [0.15, 0.2) is 0 Å². The van der Waals surface area contributed by atoms with Crippen LogP contribution in [0.5, 0.6) is 0 Å². The number of carbonyl (C=O) groups is 1. The molecule has 1 rings (SSSR count). The van der Waals surface area contributed by atoms with Crippen molar-refractivity contribution < 1.29 is 4.79 Å². The summed E-state index contributed by atoms with van der Waals surface area (Å²) in [6.07, 6.45) is 3.64. The minimum atomic E-state index is 0.0637. The lowest BCUT2D eigenvalue weighted by molar-refractivity contribution is -0.121. The third kappa shape index (κ3) is 2.42. The number of ketones is 1. The Balaban J connectivity index is 2.59. The largest absolute Gasteiger partial charge is 0.299 e. The predicted octanol–water partition coefficient (Wildman–Crippen LogP) is 1.24. The van der Waals surface area contributed by atoms with Gasteiger partial charge in [-0.05, 0) is 6.07 Å². The van der Waals surface area contributed by atoms with Gasteiger partial charge in [-0.3, -0.25) is 4.79 Å². The summed E-state index contributed by atoms with van der Waals surface area (Å²) in [5.74, 6) is 0.853. The van der Waals surface area contributed by atoms with Crippen molar-refractivity contribution >= 4 is 5.78 Å². The molecule has 0 amide bonds. The van der Waals surface area contributed by atoms with Crippen LogP contribution in [0.25, 0.3) is 0 Å². The lowest BCUT2D eigenvalue weighted by atomic mass is 10.1. The van der Waals surface area contributed by atoms with Gasteiger partial charge >= 0.3 is 0 Å². The van der Waals surface area contributed by atoms with E-state index < -0.39 is 0 Å². The molecule has 0 saturated carbocycles. The van der Waals surface area contributed by atoms with E-state index in [1.54, 1.807) is 18.5 Å². The molecule has 1 aromatic heterocycles. The molecule has 0 aliphatic heterocycles. The number of hydrogen-bond donors (Lipinski definition) is 0. The predicted molar refractivity (Wildman–Crippen MR) is 45.6 cm³/mol. The number of Topliss-reactive ketones (excluding diaryl/α,β-unsaturated/α-hetero) is 1. The van der Waals surface area contributed by atoms with Gasteiger partial charge < -0.3 is 0 Å². The zero-order valence-electron chi connectivity index (χ0n) is 7.32. The Labute approximate surface area is 71.9 Å². The van der Waals surface area contributed by atoms with Crippen LogP contribution in [-0.4, -0.2) is 15.8 Å². The first-order valence-corrected chi connectivity index (χ1v) is 3.98. The maximum absolute atomic E-state index is 11.2. The van der Waals surface area contributed by atoms with E-state index in [9.17, 15) is 4.79 Å². The molecule has 0 atom stereocenters. The fourth-order valence-electron chi connectivity index (χ4n) is 0.781. The maximum Gasteiger partial charge on any atom is 0.142 e. The Morgan fingerprint density at radius 3 is 2.50 bits per heavy atom. The first-order chi connectivity index (χ1) is 5.70. The van der Waals surface area contributed by atoms with Gasteiger partial charge in [-0.25, -0.2) is 9.97 Å². The van der Waals surface area contributed by atoms with Crippen molar-refractivity contribution in [2.45, 2.75) is 20.3 Å². The molecule has 0 N–H and O–H groups in total. The van der Waals surface area contributed by atoms with Gasteiger partial charge in [-0.15, -0.1) is 0 Å². The molecule has 1 aromatic rings. The fourth-order valence-corrected chi connectivity index (χ4v) is 0.781. The number of carbonyl (C=O) groups excluding carboxylic acids is 1. The van der Waals surface area contributed by atoms with Crippen LogP contribution in [0.15, 0.2) is 18.5 Å². The smallest absolute Gasteiger partial charge is 0.142 e. The van der Waals surface area contributed by atoms with Gasteiger partial charge in [0, 0.05) is 18.3 Å². The quantitative estimate of drug-likeness (QED) is 0.675. The van der Waals surface area contributed by atoms with Gasteiger partial charge in [0.2, 0.25) is 0 Å². The molecule has 64 valence electrons. The van der Waals surface area contributed by atoms with Gasteiger partial charge in [-0.1, -0.05) is 13.8 Å². The van der Waals surface area contributed by atoms with E-state index in [0.717, 1.165) is 0 Å². The van der Waals surface area contributed by atoms with E-state index in [1.807, 2.05) is 13.8 Å². The summed E-state index contributed by atoms with van der Waals surface area (Å²) in [6, 6.07) is 1.74. The van der Waals surface area contributed by atoms with Crippen molar-refractivity contribution in [1.82, 2.24) is 9.97 Å². The highest BCUT2D eigenvalue weighted by Gasteiger charge is 2.08. The van der Waals surface area contributed by atoms with Crippen LogP contribution in [0, 0.1) is 5.92 Å². The third-order valence-electron chi connectivity index (χ3n) is 1.60. The summed E-state index contributed by atoms with van der Waals surface area (Å²) in [5, 5.41) is 0. The van der Waals surface area contributed by atoms with E-state index >= 15 is 0 Å². The molecule has 0 aromatic carbocycles. The van der Waals surface area contributed by atoms with Gasteiger partial charge in [0.25, 0.3) is 0 Å². The molecule has 3 nitrogen and oxygen atoms in total. The Morgan fingerprint density at radius 1 is 1.42 bits per heavy atom. The normalized spacial score (nSPS) is 10.2. The summed E-state index contributed by atoms with van der Waals surface area (Å²) in [5.41, 5.74) is 0. The highest BCUT2D eigenvalue weighted by Crippen LogP contribution is 1.99. The van der Waals surface area contributed by atoms with Crippen LogP contribution in [-0.2, 0) is 11.2 Å². The zero-order valence-corrected chi connectivity index (χ0v) is 7.32. The molecular weight excluding hydrogens is 152 g/mol. The lowest BCUT2D eigenvalue weighted by Crippen LogP contribution is -2.12. The van der Waals surface area contributed by atoms with Crippen LogP contribution in [0.4, 0.5) is 0 Å². The van der Waals surface area contributed by atoms with Crippen molar-refractivity contribution in [1.29, 1.82) is 0 Å².